The van der Waals surface area contributed by atoms with Crippen LogP contribution in [0.3, 0.4) is 0 Å². The van der Waals surface area contributed by atoms with E-state index in [4.69, 9.17) is 0 Å². The fourth-order valence-corrected chi connectivity index (χ4v) is 9.06. The van der Waals surface area contributed by atoms with Crippen LogP contribution in [0.5, 0.6) is 0 Å². The molecule has 0 spiro atoms. The topological polar surface area (TPSA) is 0 Å². The lowest BCUT2D eigenvalue weighted by Gasteiger charge is -2.23. The third-order valence-corrected chi connectivity index (χ3v) is 9.31. The van der Waals surface area contributed by atoms with Crippen LogP contribution in [0, 0.1) is 27.7 Å². The molecule has 0 N–H and O–H groups in total. The highest BCUT2D eigenvalue weighted by molar-refractivity contribution is 6.91. The van der Waals surface area contributed by atoms with Gasteiger partial charge in [0.15, 0.2) is 0 Å². The number of benzene rings is 3. The zero-order chi connectivity index (χ0) is 21.3. The summed E-state index contributed by atoms with van der Waals surface area (Å²) in [5, 5.41) is 4.81. The van der Waals surface area contributed by atoms with Crippen molar-refractivity contribution in [1.82, 2.24) is 0 Å². The van der Waals surface area contributed by atoms with Crippen molar-refractivity contribution < 1.29 is 0 Å². The van der Waals surface area contributed by atoms with E-state index in [-0.39, 0.29) is 0 Å². The van der Waals surface area contributed by atoms with Gasteiger partial charge in [0.05, 0.1) is 0 Å². The first-order valence-corrected chi connectivity index (χ1v) is 12.7. The lowest BCUT2D eigenvalue weighted by Crippen LogP contribution is -2.45. The molecule has 0 saturated carbocycles. The molecule has 0 aliphatic heterocycles. The Kier molecular flexibility index (Phi) is 5.92. The average Bonchev–Trinajstić information content (AvgIpc) is 3.01. The molecule has 152 valence electrons. The van der Waals surface area contributed by atoms with Gasteiger partial charge in [-0.05, 0) is 58.6 Å². The highest BCUT2D eigenvalue weighted by Gasteiger charge is 2.27. The van der Waals surface area contributed by atoms with Gasteiger partial charge in [-0.15, -0.1) is 0 Å². The summed E-state index contributed by atoms with van der Waals surface area (Å²) < 4.78 is 0. The second kappa shape index (κ2) is 8.61. The maximum Gasteiger partial charge on any atom is 0.129 e. The molecule has 0 heterocycles. The van der Waals surface area contributed by atoms with Crippen molar-refractivity contribution in [2.45, 2.75) is 47.5 Å². The zero-order valence-corrected chi connectivity index (χ0v) is 20.1. The molecule has 0 unspecified atom stereocenters. The fourth-order valence-electron chi connectivity index (χ4n) is 5.07. The van der Waals surface area contributed by atoms with Gasteiger partial charge in [-0.3, -0.25) is 0 Å². The Morgan fingerprint density at radius 3 is 1.67 bits per heavy atom. The van der Waals surface area contributed by atoms with Crippen LogP contribution in [0.2, 0.25) is 0 Å². The summed E-state index contributed by atoms with van der Waals surface area (Å²) in [5.74, 6) is 0. The van der Waals surface area contributed by atoms with Gasteiger partial charge in [0.1, 0.15) is 8.80 Å². The summed E-state index contributed by atoms with van der Waals surface area (Å²) in [4.78, 5) is 0. The van der Waals surface area contributed by atoms with Gasteiger partial charge in [0, 0.05) is 0 Å². The van der Waals surface area contributed by atoms with Gasteiger partial charge in [-0.1, -0.05) is 116 Å². The maximum atomic E-state index is 2.47. The smallest absolute Gasteiger partial charge is 0.0694 e. The molecule has 0 atom stereocenters. The van der Waals surface area contributed by atoms with Crippen molar-refractivity contribution >= 4 is 19.2 Å². The largest absolute Gasteiger partial charge is 0.129 e. The van der Waals surface area contributed by atoms with E-state index in [9.17, 15) is 0 Å². The van der Waals surface area contributed by atoms with E-state index in [2.05, 4.69) is 107 Å². The Bertz CT molecular complexity index is 1040. The van der Waals surface area contributed by atoms with Crippen molar-refractivity contribution in [2.75, 3.05) is 0 Å². The second-order valence-corrected chi connectivity index (χ2v) is 12.1. The molecule has 0 saturated heterocycles. The molecule has 1 aliphatic rings. The summed E-state index contributed by atoms with van der Waals surface area (Å²) >= 11 is 0. The van der Waals surface area contributed by atoms with Crippen molar-refractivity contribution in [3.8, 4) is 0 Å². The Labute approximate surface area is 183 Å². The number of hydrogen-bond acceptors (Lipinski definition) is 0. The van der Waals surface area contributed by atoms with Gasteiger partial charge < -0.3 is 0 Å². The Morgan fingerprint density at radius 2 is 1.17 bits per heavy atom. The summed E-state index contributed by atoms with van der Waals surface area (Å²) in [5.41, 5.74) is 9.96. The molecule has 0 amide bonds. The quantitative estimate of drug-likeness (QED) is 0.476. The van der Waals surface area contributed by atoms with E-state index >= 15 is 0 Å². The van der Waals surface area contributed by atoms with Crippen LogP contribution in [0.1, 0.15) is 41.2 Å². The number of aryl methyl sites for hydroxylation is 4. The van der Waals surface area contributed by atoms with Crippen LogP contribution >= 0.6 is 0 Å². The lowest BCUT2D eigenvalue weighted by atomic mass is 10.1. The molecule has 4 rings (SSSR count). The minimum Gasteiger partial charge on any atom is -0.0694 e. The first kappa shape index (κ1) is 20.6. The molecule has 0 aromatic heterocycles. The Hall–Kier alpha value is -2.64. The SMILES string of the molecule is CC1=CC(Cc2ccccc2)=C([SiH](c2cc(C)cc(C)c2)c2cc(C)cc(C)c2)C1. The van der Waals surface area contributed by atoms with Crippen LogP contribution in [0.25, 0.3) is 0 Å². The second-order valence-electron chi connectivity index (χ2n) is 9.16. The molecule has 3 aromatic carbocycles. The third kappa shape index (κ3) is 4.57. The number of rotatable bonds is 5. The van der Waals surface area contributed by atoms with Crippen LogP contribution in [-0.4, -0.2) is 8.80 Å². The standard InChI is InChI=1S/C29H32Si/c1-20-11-21(2)15-27(14-20)30(28-16-22(3)12-23(4)17-28)29-18-24(5)13-26(29)19-25-9-7-6-8-10-25/h6-17,30H,18-19H2,1-5H3. The van der Waals surface area contributed by atoms with Crippen LogP contribution in [0.15, 0.2) is 89.1 Å². The van der Waals surface area contributed by atoms with Crippen LogP contribution in [0.4, 0.5) is 0 Å². The molecule has 0 radical (unpaired) electrons. The molecule has 3 aromatic rings. The van der Waals surface area contributed by atoms with Gasteiger partial charge >= 0.3 is 0 Å². The average molecular weight is 409 g/mol. The molecule has 0 fully saturated rings. The first-order chi connectivity index (χ1) is 14.4. The summed E-state index contributed by atoms with van der Waals surface area (Å²) in [6, 6.07) is 25.3. The molecular weight excluding hydrogens is 376 g/mol. The predicted molar refractivity (Wildman–Crippen MR) is 134 cm³/mol. The zero-order valence-electron chi connectivity index (χ0n) is 18.9. The van der Waals surface area contributed by atoms with E-state index in [1.165, 1.54) is 33.4 Å². The third-order valence-electron chi connectivity index (χ3n) is 6.04. The lowest BCUT2D eigenvalue weighted by molar-refractivity contribution is 1.17. The van der Waals surface area contributed by atoms with Gasteiger partial charge in [0.2, 0.25) is 0 Å². The van der Waals surface area contributed by atoms with Gasteiger partial charge in [0.25, 0.3) is 0 Å². The van der Waals surface area contributed by atoms with E-state index in [0.29, 0.717) is 0 Å². The van der Waals surface area contributed by atoms with E-state index < -0.39 is 8.80 Å². The minimum absolute atomic E-state index is 1.03. The summed E-state index contributed by atoms with van der Waals surface area (Å²) in [6.45, 7) is 11.2. The van der Waals surface area contributed by atoms with Crippen molar-refractivity contribution in [3.63, 3.8) is 0 Å². The molecule has 1 aliphatic carbocycles. The molecule has 0 bridgehead atoms. The normalized spacial score (nSPS) is 13.9. The number of allylic oxidation sites excluding steroid dienone is 4. The highest BCUT2D eigenvalue weighted by atomic mass is 28.3. The monoisotopic (exact) mass is 408 g/mol. The van der Waals surface area contributed by atoms with E-state index in [1.807, 2.05) is 0 Å². The Balaban J connectivity index is 1.89. The molecule has 1 heteroatoms. The van der Waals surface area contributed by atoms with E-state index in [0.717, 1.165) is 12.8 Å². The van der Waals surface area contributed by atoms with Crippen LogP contribution in [-0.2, 0) is 6.42 Å². The summed E-state index contributed by atoms with van der Waals surface area (Å²) in [6.07, 6.45) is 4.62. The molecule has 0 nitrogen and oxygen atoms in total. The van der Waals surface area contributed by atoms with Crippen molar-refractivity contribution in [1.29, 1.82) is 0 Å². The number of hydrogen-bond donors (Lipinski definition) is 0. The highest BCUT2D eigenvalue weighted by Crippen LogP contribution is 2.30. The van der Waals surface area contributed by atoms with E-state index in [1.54, 1.807) is 21.1 Å². The van der Waals surface area contributed by atoms with Crippen LogP contribution < -0.4 is 10.4 Å². The van der Waals surface area contributed by atoms with Crippen molar-refractivity contribution in [3.05, 3.63) is 117 Å². The molecule has 30 heavy (non-hydrogen) atoms. The Morgan fingerprint density at radius 1 is 0.667 bits per heavy atom. The van der Waals surface area contributed by atoms with Gasteiger partial charge in [-0.2, -0.15) is 0 Å². The van der Waals surface area contributed by atoms with Crippen molar-refractivity contribution in [2.24, 2.45) is 0 Å². The summed E-state index contributed by atoms with van der Waals surface area (Å²) in [7, 11) is -1.53. The predicted octanol–water partition coefficient (Wildman–Crippen LogP) is 5.69. The fraction of sp³-hybridized carbons (Fsp3) is 0.241. The minimum atomic E-state index is -1.53. The van der Waals surface area contributed by atoms with Gasteiger partial charge in [-0.25, -0.2) is 0 Å². The maximum absolute atomic E-state index is 2.47. The molecular formula is C29H32Si. The first-order valence-electron chi connectivity index (χ1n) is 11.0.